The molecule has 2 N–H and O–H groups in total. The summed E-state index contributed by atoms with van der Waals surface area (Å²) in [5.41, 5.74) is 3.94. The molecule has 0 atom stereocenters. The summed E-state index contributed by atoms with van der Waals surface area (Å²) in [5.74, 6) is -0.721. The van der Waals surface area contributed by atoms with Gasteiger partial charge in [0.2, 0.25) is 0 Å². The summed E-state index contributed by atoms with van der Waals surface area (Å²) in [6.45, 7) is 0.168. The number of hydrogen-bond acceptors (Lipinski definition) is 2. The lowest BCUT2D eigenvalue weighted by Gasteiger charge is -2.20. The number of rotatable bonds is 4. The third-order valence-corrected chi connectivity index (χ3v) is 3.26. The highest BCUT2D eigenvalue weighted by atomic mass is 79.9. The lowest BCUT2D eigenvalue weighted by molar-refractivity contribution is -0.138. The first-order valence-corrected chi connectivity index (χ1v) is 6.73. The molecule has 110 valence electrons. The van der Waals surface area contributed by atoms with Gasteiger partial charge in [0.15, 0.2) is 0 Å². The van der Waals surface area contributed by atoms with Crippen LogP contribution >= 0.6 is 28.1 Å². The molecule has 20 heavy (non-hydrogen) atoms. The van der Waals surface area contributed by atoms with E-state index in [-0.39, 0.29) is 22.4 Å². The first kappa shape index (κ1) is 16.9. The summed E-state index contributed by atoms with van der Waals surface area (Å²) >= 11 is 7.64. The molecular formula is C12H12BrF3N2OS. The predicted octanol–water partition coefficient (Wildman–Crippen LogP) is 3.22. The molecule has 0 aromatic heterocycles. The lowest BCUT2D eigenvalue weighted by Crippen LogP contribution is -2.31. The van der Waals surface area contributed by atoms with E-state index in [2.05, 4.69) is 28.1 Å². The van der Waals surface area contributed by atoms with Crippen LogP contribution in [-0.2, 0) is 6.18 Å². The number of alkyl halides is 3. The second-order valence-electron chi connectivity index (χ2n) is 4.13. The standard InChI is InChI=1S/C12H12BrF3N2OS/c1-18(5-4-10(17)20)11(19)8-3-2-7(13)6-9(8)12(14,15)16/h2-3,6H,4-5H2,1H3,(H2,17,20). The molecule has 0 fully saturated rings. The Morgan fingerprint density at radius 2 is 2.05 bits per heavy atom. The monoisotopic (exact) mass is 368 g/mol. The van der Waals surface area contributed by atoms with Gasteiger partial charge >= 0.3 is 6.18 Å². The van der Waals surface area contributed by atoms with Crippen LogP contribution in [0.15, 0.2) is 22.7 Å². The average Bonchev–Trinajstić information content (AvgIpc) is 2.33. The average molecular weight is 369 g/mol. The summed E-state index contributed by atoms with van der Waals surface area (Å²) in [6.07, 6.45) is -4.34. The highest BCUT2D eigenvalue weighted by molar-refractivity contribution is 9.10. The van der Waals surface area contributed by atoms with Gasteiger partial charge < -0.3 is 10.6 Å². The fraction of sp³-hybridized carbons (Fsp3) is 0.333. The minimum Gasteiger partial charge on any atom is -0.393 e. The van der Waals surface area contributed by atoms with Crippen LogP contribution in [0.1, 0.15) is 22.3 Å². The van der Waals surface area contributed by atoms with Gasteiger partial charge in [0.25, 0.3) is 5.91 Å². The highest BCUT2D eigenvalue weighted by Crippen LogP contribution is 2.34. The predicted molar refractivity (Wildman–Crippen MR) is 77.5 cm³/mol. The van der Waals surface area contributed by atoms with Gasteiger partial charge in [-0.1, -0.05) is 28.1 Å². The molecule has 1 amide bonds. The molecule has 0 radical (unpaired) electrons. The van der Waals surface area contributed by atoms with E-state index in [1.165, 1.54) is 13.1 Å². The second kappa shape index (κ2) is 6.53. The summed E-state index contributed by atoms with van der Waals surface area (Å²) in [5, 5.41) is 0. The van der Waals surface area contributed by atoms with E-state index >= 15 is 0 Å². The van der Waals surface area contributed by atoms with Gasteiger partial charge in [-0.3, -0.25) is 4.79 Å². The molecule has 0 unspecified atom stereocenters. The maximum absolute atomic E-state index is 12.9. The Morgan fingerprint density at radius 1 is 1.45 bits per heavy atom. The quantitative estimate of drug-likeness (QED) is 0.830. The van der Waals surface area contributed by atoms with Crippen molar-refractivity contribution in [2.75, 3.05) is 13.6 Å². The van der Waals surface area contributed by atoms with Crippen LogP contribution in [0.2, 0.25) is 0 Å². The number of amides is 1. The van der Waals surface area contributed by atoms with Crippen LogP contribution in [0.4, 0.5) is 13.2 Å². The Kier molecular flexibility index (Phi) is 5.52. The SMILES string of the molecule is CN(CCC(N)=S)C(=O)c1ccc(Br)cc1C(F)(F)F. The Labute approximate surface area is 128 Å². The van der Waals surface area contributed by atoms with E-state index in [4.69, 9.17) is 5.73 Å². The van der Waals surface area contributed by atoms with Crippen molar-refractivity contribution in [1.29, 1.82) is 0 Å². The number of carbonyl (C=O) groups excluding carboxylic acids is 1. The number of halogens is 4. The topological polar surface area (TPSA) is 46.3 Å². The second-order valence-corrected chi connectivity index (χ2v) is 5.57. The summed E-state index contributed by atoms with van der Waals surface area (Å²) < 4.78 is 39.1. The minimum absolute atomic E-state index is 0.168. The molecule has 3 nitrogen and oxygen atoms in total. The molecule has 0 heterocycles. The van der Waals surface area contributed by atoms with E-state index in [1.54, 1.807) is 0 Å². The molecule has 1 aromatic rings. The Morgan fingerprint density at radius 3 is 2.55 bits per heavy atom. The molecule has 1 rings (SSSR count). The normalized spacial score (nSPS) is 11.2. The van der Waals surface area contributed by atoms with Gasteiger partial charge in [0.05, 0.1) is 16.1 Å². The largest absolute Gasteiger partial charge is 0.417 e. The van der Waals surface area contributed by atoms with Crippen molar-refractivity contribution in [3.63, 3.8) is 0 Å². The van der Waals surface area contributed by atoms with Crippen molar-refractivity contribution >= 4 is 39.0 Å². The zero-order valence-electron chi connectivity index (χ0n) is 10.5. The van der Waals surface area contributed by atoms with Crippen LogP contribution in [0, 0.1) is 0 Å². The molecule has 0 aliphatic carbocycles. The molecule has 0 saturated carbocycles. The first-order chi connectivity index (χ1) is 9.12. The smallest absolute Gasteiger partial charge is 0.393 e. The zero-order chi connectivity index (χ0) is 15.5. The fourth-order valence-corrected chi connectivity index (χ4v) is 1.97. The van der Waals surface area contributed by atoms with Gasteiger partial charge in [-0.25, -0.2) is 0 Å². The van der Waals surface area contributed by atoms with E-state index < -0.39 is 23.2 Å². The third-order valence-electron chi connectivity index (χ3n) is 2.56. The van der Waals surface area contributed by atoms with E-state index in [0.29, 0.717) is 0 Å². The van der Waals surface area contributed by atoms with Crippen LogP contribution in [0.5, 0.6) is 0 Å². The summed E-state index contributed by atoms with van der Waals surface area (Å²) in [6, 6.07) is 3.42. The number of nitrogens with two attached hydrogens (primary N) is 1. The maximum atomic E-state index is 12.9. The highest BCUT2D eigenvalue weighted by Gasteiger charge is 2.36. The number of benzene rings is 1. The molecule has 0 bridgehead atoms. The molecule has 1 aromatic carbocycles. The summed E-state index contributed by atoms with van der Waals surface area (Å²) in [4.78, 5) is 13.4. The van der Waals surface area contributed by atoms with Gasteiger partial charge in [-0.2, -0.15) is 13.2 Å². The van der Waals surface area contributed by atoms with E-state index in [0.717, 1.165) is 17.0 Å². The zero-order valence-corrected chi connectivity index (χ0v) is 12.9. The molecule has 0 aliphatic rings. The minimum atomic E-state index is -4.60. The van der Waals surface area contributed by atoms with Gasteiger partial charge in [0, 0.05) is 24.5 Å². The van der Waals surface area contributed by atoms with Crippen molar-refractivity contribution < 1.29 is 18.0 Å². The number of carbonyl (C=O) groups is 1. The van der Waals surface area contributed by atoms with E-state index in [1.807, 2.05) is 0 Å². The Bertz CT molecular complexity index is 534. The number of nitrogens with zero attached hydrogens (tertiary/aromatic N) is 1. The molecule has 0 saturated heterocycles. The summed E-state index contributed by atoms with van der Waals surface area (Å²) in [7, 11) is 1.41. The molecule has 0 spiro atoms. The number of hydrogen-bond donors (Lipinski definition) is 1. The third kappa shape index (κ3) is 4.45. The van der Waals surface area contributed by atoms with Crippen molar-refractivity contribution in [2.24, 2.45) is 5.73 Å². The first-order valence-electron chi connectivity index (χ1n) is 5.53. The van der Waals surface area contributed by atoms with Crippen molar-refractivity contribution in [3.05, 3.63) is 33.8 Å². The van der Waals surface area contributed by atoms with E-state index in [9.17, 15) is 18.0 Å². The molecule has 0 aliphatic heterocycles. The van der Waals surface area contributed by atoms with Crippen LogP contribution in [0.3, 0.4) is 0 Å². The van der Waals surface area contributed by atoms with Gasteiger partial charge in [-0.15, -0.1) is 0 Å². The Hall–Kier alpha value is -1.15. The maximum Gasteiger partial charge on any atom is 0.417 e. The van der Waals surface area contributed by atoms with Crippen LogP contribution < -0.4 is 5.73 Å². The molecular weight excluding hydrogens is 357 g/mol. The van der Waals surface area contributed by atoms with Gasteiger partial charge in [-0.05, 0) is 18.2 Å². The molecule has 8 heteroatoms. The fourth-order valence-electron chi connectivity index (χ4n) is 1.52. The lowest BCUT2D eigenvalue weighted by atomic mass is 10.1. The Balaban J connectivity index is 3.07. The van der Waals surface area contributed by atoms with Crippen LogP contribution in [0.25, 0.3) is 0 Å². The van der Waals surface area contributed by atoms with Gasteiger partial charge in [0.1, 0.15) is 0 Å². The van der Waals surface area contributed by atoms with Crippen molar-refractivity contribution in [1.82, 2.24) is 4.90 Å². The van der Waals surface area contributed by atoms with Crippen LogP contribution in [-0.4, -0.2) is 29.4 Å². The number of thiocarbonyl (C=S) groups is 1. The van der Waals surface area contributed by atoms with Crippen molar-refractivity contribution in [2.45, 2.75) is 12.6 Å². The van der Waals surface area contributed by atoms with Crippen molar-refractivity contribution in [3.8, 4) is 0 Å².